The highest BCUT2D eigenvalue weighted by atomic mass is 16.5. The van der Waals surface area contributed by atoms with Gasteiger partial charge >= 0.3 is 5.97 Å². The SMILES string of the molecule is COC(=O)[C@H](CO)NCC1CCOCC1. The van der Waals surface area contributed by atoms with Crippen LogP contribution in [0.15, 0.2) is 0 Å². The fourth-order valence-electron chi connectivity index (χ4n) is 1.62. The molecule has 88 valence electrons. The van der Waals surface area contributed by atoms with Crippen molar-refractivity contribution in [3.05, 3.63) is 0 Å². The Hall–Kier alpha value is -0.650. The Bertz CT molecular complexity index is 192. The van der Waals surface area contributed by atoms with E-state index in [9.17, 15) is 4.79 Å². The van der Waals surface area contributed by atoms with Gasteiger partial charge in [-0.1, -0.05) is 0 Å². The summed E-state index contributed by atoms with van der Waals surface area (Å²) in [4.78, 5) is 11.1. The van der Waals surface area contributed by atoms with Crippen LogP contribution < -0.4 is 5.32 Å². The van der Waals surface area contributed by atoms with E-state index in [2.05, 4.69) is 10.1 Å². The monoisotopic (exact) mass is 217 g/mol. The molecule has 5 heteroatoms. The largest absolute Gasteiger partial charge is 0.468 e. The Balaban J connectivity index is 2.23. The normalized spacial score (nSPS) is 19.9. The second kappa shape index (κ2) is 6.76. The highest BCUT2D eigenvalue weighted by molar-refractivity contribution is 5.75. The first-order chi connectivity index (χ1) is 7.27. The van der Waals surface area contributed by atoms with Crippen LogP contribution in [0.2, 0.25) is 0 Å². The van der Waals surface area contributed by atoms with Gasteiger partial charge in [0.25, 0.3) is 0 Å². The summed E-state index contributed by atoms with van der Waals surface area (Å²) in [5.41, 5.74) is 0. The maximum atomic E-state index is 11.1. The van der Waals surface area contributed by atoms with Crippen molar-refractivity contribution in [2.45, 2.75) is 18.9 Å². The topological polar surface area (TPSA) is 67.8 Å². The molecule has 1 aliphatic heterocycles. The Morgan fingerprint density at radius 2 is 2.27 bits per heavy atom. The fourth-order valence-corrected chi connectivity index (χ4v) is 1.62. The zero-order valence-corrected chi connectivity index (χ0v) is 9.07. The Labute approximate surface area is 89.8 Å². The molecule has 0 aromatic rings. The van der Waals surface area contributed by atoms with E-state index in [-0.39, 0.29) is 6.61 Å². The van der Waals surface area contributed by atoms with Crippen molar-refractivity contribution in [3.8, 4) is 0 Å². The molecular formula is C10H19NO4. The van der Waals surface area contributed by atoms with Gasteiger partial charge in [-0.25, -0.2) is 0 Å². The van der Waals surface area contributed by atoms with Gasteiger partial charge < -0.3 is 19.9 Å². The van der Waals surface area contributed by atoms with Crippen molar-refractivity contribution in [1.82, 2.24) is 5.32 Å². The fraction of sp³-hybridized carbons (Fsp3) is 0.900. The molecule has 0 radical (unpaired) electrons. The average Bonchev–Trinajstić information content (AvgIpc) is 2.31. The van der Waals surface area contributed by atoms with E-state index in [0.29, 0.717) is 5.92 Å². The van der Waals surface area contributed by atoms with E-state index in [4.69, 9.17) is 9.84 Å². The van der Waals surface area contributed by atoms with Crippen LogP contribution in [0.4, 0.5) is 0 Å². The lowest BCUT2D eigenvalue weighted by molar-refractivity contribution is -0.144. The smallest absolute Gasteiger partial charge is 0.325 e. The second-order valence-corrected chi connectivity index (χ2v) is 3.72. The molecule has 0 unspecified atom stereocenters. The maximum Gasteiger partial charge on any atom is 0.325 e. The van der Waals surface area contributed by atoms with E-state index in [0.717, 1.165) is 32.6 Å². The molecule has 0 spiro atoms. The number of aliphatic hydroxyl groups excluding tert-OH is 1. The quantitative estimate of drug-likeness (QED) is 0.610. The number of hydrogen-bond donors (Lipinski definition) is 2. The van der Waals surface area contributed by atoms with Gasteiger partial charge in [0, 0.05) is 13.2 Å². The van der Waals surface area contributed by atoms with Crippen LogP contribution in [0.1, 0.15) is 12.8 Å². The minimum atomic E-state index is -0.599. The molecule has 1 heterocycles. The zero-order valence-electron chi connectivity index (χ0n) is 9.07. The molecule has 1 rings (SSSR count). The van der Waals surface area contributed by atoms with Crippen molar-refractivity contribution < 1.29 is 19.4 Å². The molecule has 0 aliphatic carbocycles. The number of hydrogen-bond acceptors (Lipinski definition) is 5. The highest BCUT2D eigenvalue weighted by Crippen LogP contribution is 2.13. The van der Waals surface area contributed by atoms with Crippen molar-refractivity contribution in [2.24, 2.45) is 5.92 Å². The lowest BCUT2D eigenvalue weighted by Gasteiger charge is -2.24. The van der Waals surface area contributed by atoms with E-state index in [1.54, 1.807) is 0 Å². The second-order valence-electron chi connectivity index (χ2n) is 3.72. The number of methoxy groups -OCH3 is 1. The van der Waals surface area contributed by atoms with Gasteiger partial charge in [-0.2, -0.15) is 0 Å². The highest BCUT2D eigenvalue weighted by Gasteiger charge is 2.20. The number of rotatable bonds is 5. The van der Waals surface area contributed by atoms with E-state index in [1.807, 2.05) is 0 Å². The molecule has 5 nitrogen and oxygen atoms in total. The van der Waals surface area contributed by atoms with Crippen LogP contribution >= 0.6 is 0 Å². The van der Waals surface area contributed by atoms with Crippen molar-refractivity contribution in [2.75, 3.05) is 33.5 Å². The average molecular weight is 217 g/mol. The molecule has 15 heavy (non-hydrogen) atoms. The van der Waals surface area contributed by atoms with Crippen LogP contribution in [0.25, 0.3) is 0 Å². The summed E-state index contributed by atoms with van der Waals surface area (Å²) >= 11 is 0. The third kappa shape index (κ3) is 4.15. The minimum absolute atomic E-state index is 0.226. The summed E-state index contributed by atoms with van der Waals surface area (Å²) in [5, 5.41) is 12.0. The lowest BCUT2D eigenvalue weighted by atomic mass is 10.0. The molecule has 1 atom stereocenters. The number of ether oxygens (including phenoxy) is 2. The summed E-state index contributed by atoms with van der Waals surface area (Å²) in [7, 11) is 1.32. The molecule has 0 saturated carbocycles. The van der Waals surface area contributed by atoms with E-state index < -0.39 is 12.0 Å². The number of aliphatic hydroxyl groups is 1. The van der Waals surface area contributed by atoms with Crippen LogP contribution in [-0.4, -0.2) is 50.6 Å². The minimum Gasteiger partial charge on any atom is -0.468 e. The molecule has 1 saturated heterocycles. The standard InChI is InChI=1S/C10H19NO4/c1-14-10(13)9(7-12)11-6-8-2-4-15-5-3-8/h8-9,11-12H,2-7H2,1H3/t9-/m0/s1. The molecule has 1 aliphatic rings. The number of carbonyl (C=O) groups excluding carboxylic acids is 1. The van der Waals surface area contributed by atoms with Crippen LogP contribution in [-0.2, 0) is 14.3 Å². The Morgan fingerprint density at radius 3 is 2.80 bits per heavy atom. The number of esters is 1. The third-order valence-electron chi connectivity index (χ3n) is 2.66. The molecule has 0 aromatic carbocycles. The summed E-state index contributed by atoms with van der Waals surface area (Å²) in [6, 6.07) is -0.599. The predicted octanol–water partition coefficient (Wildman–Crippen LogP) is -0.463. The molecule has 1 fully saturated rings. The van der Waals surface area contributed by atoms with E-state index >= 15 is 0 Å². The lowest BCUT2D eigenvalue weighted by Crippen LogP contribution is -2.43. The van der Waals surface area contributed by atoms with Gasteiger partial charge in [-0.15, -0.1) is 0 Å². The van der Waals surface area contributed by atoms with E-state index in [1.165, 1.54) is 7.11 Å². The third-order valence-corrected chi connectivity index (χ3v) is 2.66. The van der Waals surface area contributed by atoms with Gasteiger partial charge in [0.15, 0.2) is 0 Å². The number of nitrogens with one attached hydrogen (secondary N) is 1. The summed E-state index contributed by atoms with van der Waals surface area (Å²) in [6.45, 7) is 2.07. The first kappa shape index (κ1) is 12.4. The maximum absolute atomic E-state index is 11.1. The van der Waals surface area contributed by atoms with Crippen molar-refractivity contribution in [1.29, 1.82) is 0 Å². The number of carbonyl (C=O) groups is 1. The van der Waals surface area contributed by atoms with Gasteiger partial charge in [0.1, 0.15) is 6.04 Å². The molecule has 2 N–H and O–H groups in total. The molecular weight excluding hydrogens is 198 g/mol. The van der Waals surface area contributed by atoms with Gasteiger partial charge in [0.05, 0.1) is 13.7 Å². The van der Waals surface area contributed by atoms with Crippen LogP contribution in [0.3, 0.4) is 0 Å². The zero-order chi connectivity index (χ0) is 11.1. The van der Waals surface area contributed by atoms with Crippen molar-refractivity contribution in [3.63, 3.8) is 0 Å². The molecule has 0 aromatic heterocycles. The van der Waals surface area contributed by atoms with Crippen LogP contribution in [0.5, 0.6) is 0 Å². The Kier molecular flexibility index (Phi) is 5.60. The first-order valence-corrected chi connectivity index (χ1v) is 5.27. The summed E-state index contributed by atoms with van der Waals surface area (Å²) in [6.07, 6.45) is 2.01. The Morgan fingerprint density at radius 1 is 1.60 bits per heavy atom. The molecule has 0 bridgehead atoms. The summed E-state index contributed by atoms with van der Waals surface area (Å²) < 4.78 is 9.79. The summed E-state index contributed by atoms with van der Waals surface area (Å²) in [5.74, 6) is 0.113. The first-order valence-electron chi connectivity index (χ1n) is 5.27. The van der Waals surface area contributed by atoms with Crippen molar-refractivity contribution >= 4 is 5.97 Å². The van der Waals surface area contributed by atoms with Crippen LogP contribution in [0, 0.1) is 5.92 Å². The predicted molar refractivity (Wildman–Crippen MR) is 54.4 cm³/mol. The molecule has 0 amide bonds. The van der Waals surface area contributed by atoms with Gasteiger partial charge in [0.2, 0.25) is 0 Å². The van der Waals surface area contributed by atoms with Gasteiger partial charge in [-0.3, -0.25) is 4.79 Å². The van der Waals surface area contributed by atoms with Gasteiger partial charge in [-0.05, 0) is 25.3 Å².